The van der Waals surface area contributed by atoms with Gasteiger partial charge in [0.1, 0.15) is 11.6 Å². The van der Waals surface area contributed by atoms with Crippen LogP contribution in [0.3, 0.4) is 0 Å². The Bertz CT molecular complexity index is 894. The maximum Gasteiger partial charge on any atom is 0.256 e. The van der Waals surface area contributed by atoms with Crippen molar-refractivity contribution in [1.29, 1.82) is 0 Å². The first-order valence-electron chi connectivity index (χ1n) is 10.7. The van der Waals surface area contributed by atoms with Crippen molar-refractivity contribution in [2.24, 2.45) is 5.92 Å². The molecule has 2 heterocycles. The number of carbonyl (C=O) groups is 2. The number of hydrogen-bond donors (Lipinski definition) is 0. The van der Waals surface area contributed by atoms with Crippen LogP contribution in [0.15, 0.2) is 48.5 Å². The topological polar surface area (TPSA) is 49.9 Å². The molecule has 1 atom stereocenters. The molecule has 6 heteroatoms. The molecule has 30 heavy (non-hydrogen) atoms. The van der Waals surface area contributed by atoms with E-state index in [0.29, 0.717) is 31.0 Å². The highest BCUT2D eigenvalue weighted by Gasteiger charge is 2.26. The smallest absolute Gasteiger partial charge is 0.256 e. The molecule has 0 aromatic heterocycles. The zero-order chi connectivity index (χ0) is 20.9. The van der Waals surface area contributed by atoms with E-state index in [1.165, 1.54) is 12.1 Å². The Kier molecular flexibility index (Phi) is 6.31. The number of piperidine rings is 1. The number of carbonyl (C=O) groups excluding carboxylic acids is 2. The van der Waals surface area contributed by atoms with Crippen molar-refractivity contribution in [1.82, 2.24) is 9.80 Å². The van der Waals surface area contributed by atoms with Crippen LogP contribution in [-0.4, -0.2) is 54.4 Å². The summed E-state index contributed by atoms with van der Waals surface area (Å²) in [5, 5.41) is 0. The van der Waals surface area contributed by atoms with E-state index in [4.69, 9.17) is 4.74 Å². The van der Waals surface area contributed by atoms with E-state index in [9.17, 15) is 14.0 Å². The number of amides is 2. The molecule has 0 N–H and O–H groups in total. The molecule has 0 bridgehead atoms. The molecule has 0 saturated carbocycles. The van der Waals surface area contributed by atoms with Crippen LogP contribution in [0.2, 0.25) is 0 Å². The van der Waals surface area contributed by atoms with Gasteiger partial charge in [-0.15, -0.1) is 0 Å². The predicted molar refractivity (Wildman–Crippen MR) is 112 cm³/mol. The summed E-state index contributed by atoms with van der Waals surface area (Å²) in [5.74, 6) is 0.242. The van der Waals surface area contributed by atoms with Crippen LogP contribution in [0, 0.1) is 11.7 Å². The normalized spacial score (nSPS) is 19.0. The summed E-state index contributed by atoms with van der Waals surface area (Å²) in [6.07, 6.45) is 3.99. The van der Waals surface area contributed by atoms with Crippen molar-refractivity contribution in [3.8, 4) is 5.75 Å². The lowest BCUT2D eigenvalue weighted by atomic mass is 9.98. The summed E-state index contributed by atoms with van der Waals surface area (Å²) < 4.78 is 19.9. The molecule has 0 spiro atoms. The van der Waals surface area contributed by atoms with Crippen molar-refractivity contribution in [2.75, 3.05) is 32.8 Å². The number of benzene rings is 2. The molecule has 2 aromatic carbocycles. The maximum atomic E-state index is 14.0. The van der Waals surface area contributed by atoms with Crippen LogP contribution >= 0.6 is 0 Å². The highest BCUT2D eigenvalue weighted by atomic mass is 19.1. The summed E-state index contributed by atoms with van der Waals surface area (Å²) in [5.41, 5.74) is 0.806. The van der Waals surface area contributed by atoms with Crippen molar-refractivity contribution >= 4 is 11.8 Å². The highest BCUT2D eigenvalue weighted by Crippen LogP contribution is 2.22. The minimum Gasteiger partial charge on any atom is -0.493 e. The third-order valence-electron chi connectivity index (χ3n) is 5.89. The molecule has 0 unspecified atom stereocenters. The molecular weight excluding hydrogens is 383 g/mol. The van der Waals surface area contributed by atoms with E-state index in [-0.39, 0.29) is 23.3 Å². The Morgan fingerprint density at radius 1 is 0.900 bits per heavy atom. The SMILES string of the molecule is O=C(c1ccc(OC[C@@H]2CCCN(C(=O)c3ccccc3F)C2)cc1)N1CCCC1. The molecule has 0 aliphatic carbocycles. The second kappa shape index (κ2) is 9.28. The van der Waals surface area contributed by atoms with Crippen LogP contribution in [0.25, 0.3) is 0 Å². The van der Waals surface area contributed by atoms with Crippen LogP contribution in [0.5, 0.6) is 5.75 Å². The zero-order valence-electron chi connectivity index (χ0n) is 17.1. The third kappa shape index (κ3) is 4.64. The van der Waals surface area contributed by atoms with Crippen molar-refractivity contribution in [2.45, 2.75) is 25.7 Å². The molecule has 4 rings (SSSR count). The zero-order valence-corrected chi connectivity index (χ0v) is 17.1. The number of rotatable bonds is 5. The van der Waals surface area contributed by atoms with Gasteiger partial charge in [-0.25, -0.2) is 4.39 Å². The van der Waals surface area contributed by atoms with E-state index in [2.05, 4.69) is 0 Å². The first-order valence-corrected chi connectivity index (χ1v) is 10.7. The Morgan fingerprint density at radius 2 is 1.60 bits per heavy atom. The first-order chi connectivity index (χ1) is 14.6. The second-order valence-corrected chi connectivity index (χ2v) is 8.07. The minimum absolute atomic E-state index is 0.0774. The van der Waals surface area contributed by atoms with E-state index in [1.54, 1.807) is 17.0 Å². The van der Waals surface area contributed by atoms with E-state index in [1.807, 2.05) is 29.2 Å². The molecule has 2 aliphatic rings. The van der Waals surface area contributed by atoms with Gasteiger partial charge < -0.3 is 14.5 Å². The molecular formula is C24H27FN2O3. The molecule has 2 aromatic rings. The summed E-state index contributed by atoms with van der Waals surface area (Å²) in [6, 6.07) is 13.4. The molecule has 2 fully saturated rings. The van der Waals surface area contributed by atoms with Gasteiger partial charge in [0, 0.05) is 37.7 Å². The van der Waals surface area contributed by atoms with Gasteiger partial charge in [-0.05, 0) is 62.1 Å². The van der Waals surface area contributed by atoms with Gasteiger partial charge in [-0.3, -0.25) is 9.59 Å². The fourth-order valence-electron chi connectivity index (χ4n) is 4.20. The number of hydrogen-bond acceptors (Lipinski definition) is 3. The quantitative estimate of drug-likeness (QED) is 0.749. The third-order valence-corrected chi connectivity index (χ3v) is 5.89. The fourth-order valence-corrected chi connectivity index (χ4v) is 4.20. The summed E-state index contributed by atoms with van der Waals surface area (Å²) in [6.45, 7) is 3.35. The van der Waals surface area contributed by atoms with Crippen molar-refractivity contribution in [3.63, 3.8) is 0 Å². The van der Waals surface area contributed by atoms with E-state index in [0.717, 1.165) is 38.8 Å². The Hall–Kier alpha value is -2.89. The monoisotopic (exact) mass is 410 g/mol. The van der Waals surface area contributed by atoms with Crippen LogP contribution < -0.4 is 4.74 Å². The number of likely N-dealkylation sites (tertiary alicyclic amines) is 2. The lowest BCUT2D eigenvalue weighted by Gasteiger charge is -2.32. The van der Waals surface area contributed by atoms with Crippen molar-refractivity contribution < 1.29 is 18.7 Å². The summed E-state index contributed by atoms with van der Waals surface area (Å²) >= 11 is 0. The predicted octanol–water partition coefficient (Wildman–Crippen LogP) is 3.99. The Morgan fingerprint density at radius 3 is 2.33 bits per heavy atom. The van der Waals surface area contributed by atoms with Crippen LogP contribution in [0.1, 0.15) is 46.4 Å². The first kappa shape index (κ1) is 20.4. The Labute approximate surface area is 176 Å². The van der Waals surface area contributed by atoms with Gasteiger partial charge in [0.05, 0.1) is 12.2 Å². The standard InChI is InChI=1S/C24H27FN2O3/c25-22-8-2-1-7-21(22)24(29)27-15-5-6-18(16-27)17-30-20-11-9-19(10-12-20)23(28)26-13-3-4-14-26/h1-2,7-12,18H,3-6,13-17H2/t18-/m1/s1. The lowest BCUT2D eigenvalue weighted by Crippen LogP contribution is -2.41. The van der Waals surface area contributed by atoms with Gasteiger partial charge in [-0.2, -0.15) is 0 Å². The molecule has 0 radical (unpaired) electrons. The molecule has 158 valence electrons. The highest BCUT2D eigenvalue weighted by molar-refractivity contribution is 5.95. The molecule has 5 nitrogen and oxygen atoms in total. The van der Waals surface area contributed by atoms with Gasteiger partial charge >= 0.3 is 0 Å². The number of nitrogens with zero attached hydrogens (tertiary/aromatic N) is 2. The van der Waals surface area contributed by atoms with Crippen molar-refractivity contribution in [3.05, 3.63) is 65.5 Å². The molecule has 2 amide bonds. The molecule has 2 saturated heterocycles. The average molecular weight is 410 g/mol. The fraction of sp³-hybridized carbons (Fsp3) is 0.417. The maximum absolute atomic E-state index is 14.0. The van der Waals surface area contributed by atoms with Gasteiger partial charge in [0.25, 0.3) is 11.8 Å². The van der Waals surface area contributed by atoms with E-state index >= 15 is 0 Å². The summed E-state index contributed by atoms with van der Waals surface area (Å²) in [4.78, 5) is 28.7. The minimum atomic E-state index is -0.482. The van der Waals surface area contributed by atoms with Crippen LogP contribution in [-0.2, 0) is 0 Å². The number of halogens is 1. The van der Waals surface area contributed by atoms with Gasteiger partial charge in [0.2, 0.25) is 0 Å². The number of ether oxygens (including phenoxy) is 1. The van der Waals surface area contributed by atoms with Crippen LogP contribution in [0.4, 0.5) is 4.39 Å². The van der Waals surface area contributed by atoms with E-state index < -0.39 is 5.82 Å². The Balaban J connectivity index is 1.31. The average Bonchev–Trinajstić information content (AvgIpc) is 3.33. The van der Waals surface area contributed by atoms with Gasteiger partial charge in [0.15, 0.2) is 0 Å². The second-order valence-electron chi connectivity index (χ2n) is 8.07. The largest absolute Gasteiger partial charge is 0.493 e. The summed E-state index contributed by atoms with van der Waals surface area (Å²) in [7, 11) is 0. The molecule has 2 aliphatic heterocycles. The lowest BCUT2D eigenvalue weighted by molar-refractivity contribution is 0.0628. The van der Waals surface area contributed by atoms with Gasteiger partial charge in [-0.1, -0.05) is 12.1 Å².